The van der Waals surface area contributed by atoms with Crippen molar-refractivity contribution in [2.75, 3.05) is 33.5 Å². The molecule has 0 bridgehead atoms. The van der Waals surface area contributed by atoms with Crippen LogP contribution < -0.4 is 14.8 Å². The lowest BCUT2D eigenvalue weighted by atomic mass is 9.76. The van der Waals surface area contributed by atoms with Gasteiger partial charge in [0.05, 0.1) is 12.1 Å². The number of hydrogen-bond acceptors (Lipinski definition) is 5. The lowest BCUT2D eigenvalue weighted by molar-refractivity contribution is 0.129. The average molecular weight is 366 g/mol. The zero-order chi connectivity index (χ0) is 18.6. The molecule has 2 fully saturated rings. The number of benzene rings is 2. The first-order valence-electron chi connectivity index (χ1n) is 9.65. The van der Waals surface area contributed by atoms with E-state index < -0.39 is 5.54 Å². The SMILES string of the molecule is Cc1cc2c(cc1[C@@H]1N[C@@](CO)(c3ccccc3)[C@@H]3CN(C)C[C@@H]31)OCO2. The number of aliphatic hydroxyl groups is 1. The maximum Gasteiger partial charge on any atom is 0.231 e. The minimum absolute atomic E-state index is 0.0894. The van der Waals surface area contributed by atoms with Crippen molar-refractivity contribution < 1.29 is 14.6 Å². The molecule has 2 saturated heterocycles. The Morgan fingerprint density at radius 1 is 1.15 bits per heavy atom. The Morgan fingerprint density at radius 2 is 1.89 bits per heavy atom. The van der Waals surface area contributed by atoms with Crippen molar-refractivity contribution in [3.05, 3.63) is 59.2 Å². The third-order valence-electron chi connectivity index (χ3n) is 6.66. The molecule has 2 aromatic carbocycles. The van der Waals surface area contributed by atoms with Crippen LogP contribution in [0.3, 0.4) is 0 Å². The van der Waals surface area contributed by atoms with Crippen LogP contribution in [0.25, 0.3) is 0 Å². The molecule has 5 nitrogen and oxygen atoms in total. The number of rotatable bonds is 3. The molecule has 5 heteroatoms. The molecule has 0 saturated carbocycles. The quantitative estimate of drug-likeness (QED) is 0.874. The van der Waals surface area contributed by atoms with E-state index in [2.05, 4.69) is 60.6 Å². The highest BCUT2D eigenvalue weighted by molar-refractivity contribution is 5.50. The molecule has 5 rings (SSSR count). The van der Waals surface area contributed by atoms with E-state index in [0.717, 1.165) is 24.6 Å². The van der Waals surface area contributed by atoms with E-state index in [9.17, 15) is 5.11 Å². The second kappa shape index (κ2) is 6.23. The average Bonchev–Trinajstić information content (AvgIpc) is 3.36. The molecule has 3 heterocycles. The fraction of sp³-hybridized carbons (Fsp3) is 0.455. The maximum atomic E-state index is 10.6. The van der Waals surface area contributed by atoms with Gasteiger partial charge in [-0.1, -0.05) is 30.3 Å². The molecule has 27 heavy (non-hydrogen) atoms. The number of nitrogens with one attached hydrogen (secondary N) is 1. The lowest BCUT2D eigenvalue weighted by Gasteiger charge is -2.35. The van der Waals surface area contributed by atoms with E-state index in [4.69, 9.17) is 9.47 Å². The third-order valence-corrected chi connectivity index (χ3v) is 6.66. The van der Waals surface area contributed by atoms with Crippen molar-refractivity contribution in [1.82, 2.24) is 10.2 Å². The first kappa shape index (κ1) is 17.0. The molecule has 2 N–H and O–H groups in total. The maximum absolute atomic E-state index is 10.6. The Labute approximate surface area is 159 Å². The van der Waals surface area contributed by atoms with Gasteiger partial charge in [-0.25, -0.2) is 0 Å². The Hall–Kier alpha value is -2.08. The van der Waals surface area contributed by atoms with Gasteiger partial charge in [-0.3, -0.25) is 5.32 Å². The molecule has 0 aromatic heterocycles. The summed E-state index contributed by atoms with van der Waals surface area (Å²) in [6, 6.07) is 14.8. The Kier molecular flexibility index (Phi) is 3.93. The van der Waals surface area contributed by atoms with Gasteiger partial charge < -0.3 is 19.5 Å². The number of aliphatic hydroxyl groups excluding tert-OH is 1. The van der Waals surface area contributed by atoms with Crippen LogP contribution in [0, 0.1) is 18.8 Å². The Morgan fingerprint density at radius 3 is 2.63 bits per heavy atom. The van der Waals surface area contributed by atoms with Crippen LogP contribution in [-0.2, 0) is 5.54 Å². The van der Waals surface area contributed by atoms with Gasteiger partial charge in [0, 0.05) is 25.0 Å². The second-order valence-electron chi connectivity index (χ2n) is 8.17. The zero-order valence-electron chi connectivity index (χ0n) is 15.8. The van der Waals surface area contributed by atoms with Crippen LogP contribution in [-0.4, -0.2) is 43.5 Å². The summed E-state index contributed by atoms with van der Waals surface area (Å²) in [5.74, 6) is 2.43. The number of likely N-dealkylation sites (tertiary alicyclic amines) is 1. The summed E-state index contributed by atoms with van der Waals surface area (Å²) in [4.78, 5) is 2.39. The summed E-state index contributed by atoms with van der Waals surface area (Å²) in [5.41, 5.74) is 3.19. The molecule has 0 unspecified atom stereocenters. The van der Waals surface area contributed by atoms with E-state index in [1.807, 2.05) is 6.07 Å². The van der Waals surface area contributed by atoms with Crippen molar-refractivity contribution >= 4 is 0 Å². The van der Waals surface area contributed by atoms with Crippen LogP contribution in [0.1, 0.15) is 22.7 Å². The van der Waals surface area contributed by atoms with Crippen LogP contribution in [0.5, 0.6) is 11.5 Å². The highest BCUT2D eigenvalue weighted by Gasteiger charge is 2.57. The minimum Gasteiger partial charge on any atom is -0.454 e. The molecule has 0 spiro atoms. The molecular formula is C22H26N2O3. The highest BCUT2D eigenvalue weighted by Crippen LogP contribution is 2.52. The van der Waals surface area contributed by atoms with Gasteiger partial charge in [-0.15, -0.1) is 0 Å². The molecule has 142 valence electrons. The lowest BCUT2D eigenvalue weighted by Crippen LogP contribution is -2.47. The standard InChI is InChI=1S/C22H26N2O3/c1-14-8-19-20(27-13-26-19)9-16(14)21-17-10-24(2)11-18(17)22(12-25,23-21)15-6-4-3-5-7-15/h3-9,17-18,21,23,25H,10-13H2,1-2H3/t17-,18+,21-,22-/m0/s1. The normalized spacial score (nSPS) is 32.0. The van der Waals surface area contributed by atoms with Crippen LogP contribution in [0.15, 0.2) is 42.5 Å². The first-order valence-corrected chi connectivity index (χ1v) is 9.65. The summed E-state index contributed by atoms with van der Waals surface area (Å²) in [6.07, 6.45) is 0. The van der Waals surface area contributed by atoms with Gasteiger partial charge in [0.1, 0.15) is 0 Å². The smallest absolute Gasteiger partial charge is 0.231 e. The number of ether oxygens (including phenoxy) is 2. The van der Waals surface area contributed by atoms with Crippen LogP contribution >= 0.6 is 0 Å². The summed E-state index contributed by atoms with van der Waals surface area (Å²) in [6.45, 7) is 4.51. The summed E-state index contributed by atoms with van der Waals surface area (Å²) in [7, 11) is 2.18. The molecule has 0 radical (unpaired) electrons. The van der Waals surface area contributed by atoms with E-state index in [1.165, 1.54) is 16.7 Å². The van der Waals surface area contributed by atoms with Crippen molar-refractivity contribution in [2.45, 2.75) is 18.5 Å². The number of fused-ring (bicyclic) bond motifs is 2. The molecule has 2 aromatic rings. The van der Waals surface area contributed by atoms with E-state index in [0.29, 0.717) is 11.8 Å². The van der Waals surface area contributed by atoms with Gasteiger partial charge in [0.25, 0.3) is 0 Å². The number of hydrogen-bond donors (Lipinski definition) is 2. The molecular weight excluding hydrogens is 340 g/mol. The third kappa shape index (κ3) is 2.49. The summed E-state index contributed by atoms with van der Waals surface area (Å²) >= 11 is 0. The topological polar surface area (TPSA) is 54.0 Å². The van der Waals surface area contributed by atoms with Crippen molar-refractivity contribution in [2.24, 2.45) is 11.8 Å². The predicted molar refractivity (Wildman–Crippen MR) is 103 cm³/mol. The van der Waals surface area contributed by atoms with Crippen LogP contribution in [0.2, 0.25) is 0 Å². The predicted octanol–water partition coefficient (Wildman–Crippen LogP) is 2.43. The van der Waals surface area contributed by atoms with Gasteiger partial charge in [0.15, 0.2) is 11.5 Å². The van der Waals surface area contributed by atoms with Gasteiger partial charge in [-0.2, -0.15) is 0 Å². The Balaban J connectivity index is 1.61. The van der Waals surface area contributed by atoms with E-state index >= 15 is 0 Å². The molecule has 0 amide bonds. The fourth-order valence-electron chi connectivity index (χ4n) is 5.37. The van der Waals surface area contributed by atoms with Crippen molar-refractivity contribution in [3.63, 3.8) is 0 Å². The zero-order valence-corrected chi connectivity index (χ0v) is 15.8. The number of nitrogens with zero attached hydrogens (tertiary/aromatic N) is 1. The fourth-order valence-corrected chi connectivity index (χ4v) is 5.37. The summed E-state index contributed by atoms with van der Waals surface area (Å²) < 4.78 is 11.2. The number of aryl methyl sites for hydroxylation is 1. The van der Waals surface area contributed by atoms with Crippen LogP contribution in [0.4, 0.5) is 0 Å². The van der Waals surface area contributed by atoms with E-state index in [-0.39, 0.29) is 19.4 Å². The Bertz CT molecular complexity index is 856. The monoisotopic (exact) mass is 366 g/mol. The van der Waals surface area contributed by atoms with Crippen molar-refractivity contribution in [1.29, 1.82) is 0 Å². The van der Waals surface area contributed by atoms with Crippen molar-refractivity contribution in [3.8, 4) is 11.5 Å². The first-order chi connectivity index (χ1) is 13.1. The molecule has 0 aliphatic carbocycles. The summed E-state index contributed by atoms with van der Waals surface area (Å²) in [5, 5.41) is 14.4. The van der Waals surface area contributed by atoms with Gasteiger partial charge >= 0.3 is 0 Å². The molecule has 3 aliphatic rings. The molecule has 3 aliphatic heterocycles. The minimum atomic E-state index is -0.426. The largest absolute Gasteiger partial charge is 0.454 e. The highest BCUT2D eigenvalue weighted by atomic mass is 16.7. The second-order valence-corrected chi connectivity index (χ2v) is 8.17. The van der Waals surface area contributed by atoms with Gasteiger partial charge in [0.2, 0.25) is 6.79 Å². The van der Waals surface area contributed by atoms with E-state index in [1.54, 1.807) is 0 Å². The van der Waals surface area contributed by atoms with Gasteiger partial charge in [-0.05, 0) is 48.7 Å². The molecule has 4 atom stereocenters.